The summed E-state index contributed by atoms with van der Waals surface area (Å²) >= 11 is 0. The standard InChI is InChI=1S/C21H26FN7O/c1-3-5-13(4-2)26-19-10-17(25-14-6-7-14)20-24-12-18(29(20)28-19)21(30)27-16-8-9-23-11-15(16)22/h8-14,25H,3-7H2,1-2H3,(H,26,28)(H,23,27,30)/t13-/m1/s1. The lowest BCUT2D eigenvalue weighted by Gasteiger charge is -2.18. The van der Waals surface area contributed by atoms with Crippen LogP contribution in [0.2, 0.25) is 0 Å². The molecule has 1 saturated carbocycles. The number of hydrogen-bond donors (Lipinski definition) is 3. The van der Waals surface area contributed by atoms with E-state index >= 15 is 0 Å². The number of aromatic nitrogens is 4. The fourth-order valence-corrected chi connectivity index (χ4v) is 3.35. The summed E-state index contributed by atoms with van der Waals surface area (Å²) in [6, 6.07) is 4.07. The van der Waals surface area contributed by atoms with E-state index < -0.39 is 11.7 Å². The van der Waals surface area contributed by atoms with Crippen LogP contribution < -0.4 is 16.0 Å². The summed E-state index contributed by atoms with van der Waals surface area (Å²) in [6.07, 6.45) is 9.22. The average Bonchev–Trinajstić information content (AvgIpc) is 3.44. The van der Waals surface area contributed by atoms with Crippen molar-refractivity contribution in [3.05, 3.63) is 42.2 Å². The molecule has 158 valence electrons. The SMILES string of the molecule is CCC[C@@H](CC)Nc1cc(NC2CC2)c2ncc(C(=O)Nc3ccncc3F)n2n1. The van der Waals surface area contributed by atoms with Gasteiger partial charge in [0.2, 0.25) is 0 Å². The molecular formula is C21H26FN7O. The highest BCUT2D eigenvalue weighted by Crippen LogP contribution is 2.29. The van der Waals surface area contributed by atoms with Crippen molar-refractivity contribution in [3.8, 4) is 0 Å². The lowest BCUT2D eigenvalue weighted by atomic mass is 10.1. The van der Waals surface area contributed by atoms with Crippen LogP contribution in [0.15, 0.2) is 30.7 Å². The Morgan fingerprint density at radius 3 is 2.83 bits per heavy atom. The molecule has 3 heterocycles. The van der Waals surface area contributed by atoms with E-state index in [0.29, 0.717) is 23.5 Å². The zero-order chi connectivity index (χ0) is 21.1. The normalized spacial score (nSPS) is 14.5. The van der Waals surface area contributed by atoms with E-state index in [0.717, 1.165) is 44.0 Å². The molecule has 1 atom stereocenters. The summed E-state index contributed by atoms with van der Waals surface area (Å²) in [5.74, 6) is -0.417. The lowest BCUT2D eigenvalue weighted by molar-refractivity contribution is 0.102. The summed E-state index contributed by atoms with van der Waals surface area (Å²) in [5, 5.41) is 14.1. The molecule has 1 amide bonds. The summed E-state index contributed by atoms with van der Waals surface area (Å²) in [4.78, 5) is 20.9. The number of imidazole rings is 1. The van der Waals surface area contributed by atoms with Crippen molar-refractivity contribution in [3.63, 3.8) is 0 Å². The average molecular weight is 411 g/mol. The van der Waals surface area contributed by atoms with Crippen LogP contribution in [0, 0.1) is 5.82 Å². The number of anilines is 3. The summed E-state index contributed by atoms with van der Waals surface area (Å²) in [5.41, 5.74) is 1.68. The number of carbonyl (C=O) groups is 1. The predicted octanol–water partition coefficient (Wildman–Crippen LogP) is 4.08. The first kappa shape index (κ1) is 20.1. The third-order valence-electron chi connectivity index (χ3n) is 5.14. The molecule has 3 aromatic heterocycles. The van der Waals surface area contributed by atoms with E-state index in [2.05, 4.69) is 44.9 Å². The summed E-state index contributed by atoms with van der Waals surface area (Å²) in [7, 11) is 0. The Morgan fingerprint density at radius 1 is 1.30 bits per heavy atom. The van der Waals surface area contributed by atoms with E-state index in [1.54, 1.807) is 0 Å². The van der Waals surface area contributed by atoms with Gasteiger partial charge in [0.15, 0.2) is 17.2 Å². The highest BCUT2D eigenvalue weighted by Gasteiger charge is 2.24. The second-order valence-electron chi connectivity index (χ2n) is 7.59. The molecule has 0 bridgehead atoms. The van der Waals surface area contributed by atoms with Crippen molar-refractivity contribution in [2.45, 2.75) is 58.0 Å². The highest BCUT2D eigenvalue weighted by molar-refractivity contribution is 6.03. The molecule has 30 heavy (non-hydrogen) atoms. The van der Waals surface area contributed by atoms with Gasteiger partial charge in [-0.3, -0.25) is 9.78 Å². The van der Waals surface area contributed by atoms with Crippen molar-refractivity contribution in [1.29, 1.82) is 0 Å². The minimum absolute atomic E-state index is 0.0598. The van der Waals surface area contributed by atoms with Crippen LogP contribution in [0.3, 0.4) is 0 Å². The van der Waals surface area contributed by atoms with Crippen molar-refractivity contribution in [1.82, 2.24) is 19.6 Å². The van der Waals surface area contributed by atoms with Crippen LogP contribution >= 0.6 is 0 Å². The number of rotatable bonds is 9. The van der Waals surface area contributed by atoms with Gasteiger partial charge in [-0.25, -0.2) is 13.9 Å². The van der Waals surface area contributed by atoms with Crippen LogP contribution in [0.5, 0.6) is 0 Å². The Balaban J connectivity index is 1.68. The van der Waals surface area contributed by atoms with Crippen LogP contribution in [0.4, 0.5) is 21.6 Å². The number of nitrogens with one attached hydrogen (secondary N) is 3. The zero-order valence-electron chi connectivity index (χ0n) is 17.2. The second-order valence-corrected chi connectivity index (χ2v) is 7.59. The minimum Gasteiger partial charge on any atom is -0.379 e. The molecule has 0 aliphatic heterocycles. The van der Waals surface area contributed by atoms with E-state index in [-0.39, 0.29) is 11.4 Å². The van der Waals surface area contributed by atoms with Crippen molar-refractivity contribution < 1.29 is 9.18 Å². The number of fused-ring (bicyclic) bond motifs is 1. The second kappa shape index (κ2) is 8.64. The van der Waals surface area contributed by atoms with Gasteiger partial charge in [0.05, 0.1) is 23.8 Å². The van der Waals surface area contributed by atoms with E-state index in [4.69, 9.17) is 0 Å². The molecule has 0 unspecified atom stereocenters. The Labute approximate surface area is 174 Å². The zero-order valence-corrected chi connectivity index (χ0v) is 17.2. The minimum atomic E-state index is -0.601. The number of nitrogens with zero attached hydrogens (tertiary/aromatic N) is 4. The fraction of sp³-hybridized carbons (Fsp3) is 0.429. The first-order valence-corrected chi connectivity index (χ1v) is 10.4. The predicted molar refractivity (Wildman–Crippen MR) is 114 cm³/mol. The van der Waals surface area contributed by atoms with Gasteiger partial charge >= 0.3 is 0 Å². The third-order valence-corrected chi connectivity index (χ3v) is 5.14. The monoisotopic (exact) mass is 411 g/mol. The number of carbonyl (C=O) groups excluding carboxylic acids is 1. The van der Waals surface area contributed by atoms with Gasteiger partial charge in [-0.1, -0.05) is 20.3 Å². The first-order valence-electron chi connectivity index (χ1n) is 10.4. The Kier molecular flexibility index (Phi) is 5.78. The largest absolute Gasteiger partial charge is 0.379 e. The van der Waals surface area contributed by atoms with Crippen molar-refractivity contribution in [2.75, 3.05) is 16.0 Å². The number of pyridine rings is 1. The molecule has 8 nitrogen and oxygen atoms in total. The molecule has 9 heteroatoms. The molecule has 1 aliphatic rings. The van der Waals surface area contributed by atoms with E-state index in [1.165, 1.54) is 23.0 Å². The van der Waals surface area contributed by atoms with Gasteiger partial charge in [-0.15, -0.1) is 5.10 Å². The highest BCUT2D eigenvalue weighted by atomic mass is 19.1. The molecule has 0 aromatic carbocycles. The number of halogens is 1. The maximum atomic E-state index is 13.9. The van der Waals surface area contributed by atoms with E-state index in [1.807, 2.05) is 6.07 Å². The van der Waals surface area contributed by atoms with Gasteiger partial charge in [-0.05, 0) is 31.7 Å². The van der Waals surface area contributed by atoms with Gasteiger partial charge in [0.25, 0.3) is 5.91 Å². The molecule has 1 fully saturated rings. The van der Waals surface area contributed by atoms with Gasteiger partial charge in [-0.2, -0.15) is 0 Å². The molecular weight excluding hydrogens is 385 g/mol. The molecule has 0 spiro atoms. The molecule has 3 aromatic rings. The third kappa shape index (κ3) is 4.34. The molecule has 0 radical (unpaired) electrons. The maximum Gasteiger partial charge on any atom is 0.276 e. The Morgan fingerprint density at radius 2 is 2.13 bits per heavy atom. The van der Waals surface area contributed by atoms with Crippen molar-refractivity contribution in [2.24, 2.45) is 0 Å². The smallest absolute Gasteiger partial charge is 0.276 e. The molecule has 3 N–H and O–H groups in total. The van der Waals surface area contributed by atoms with Crippen LogP contribution in [-0.4, -0.2) is 37.6 Å². The molecule has 4 rings (SSSR count). The lowest BCUT2D eigenvalue weighted by Crippen LogP contribution is -2.21. The van der Waals surface area contributed by atoms with Crippen LogP contribution in [0.25, 0.3) is 5.65 Å². The molecule has 1 aliphatic carbocycles. The van der Waals surface area contributed by atoms with Gasteiger partial charge in [0.1, 0.15) is 5.82 Å². The first-order chi connectivity index (χ1) is 14.6. The summed E-state index contributed by atoms with van der Waals surface area (Å²) < 4.78 is 15.4. The van der Waals surface area contributed by atoms with Gasteiger partial charge < -0.3 is 16.0 Å². The Bertz CT molecular complexity index is 1050. The van der Waals surface area contributed by atoms with Crippen molar-refractivity contribution >= 4 is 28.7 Å². The van der Waals surface area contributed by atoms with Gasteiger partial charge in [0, 0.05) is 24.3 Å². The van der Waals surface area contributed by atoms with Crippen LogP contribution in [0.1, 0.15) is 56.4 Å². The van der Waals surface area contributed by atoms with E-state index in [9.17, 15) is 9.18 Å². The quantitative estimate of drug-likeness (QED) is 0.491. The Hall–Kier alpha value is -3.23. The number of amides is 1. The number of hydrogen-bond acceptors (Lipinski definition) is 6. The maximum absolute atomic E-state index is 13.9. The fourth-order valence-electron chi connectivity index (χ4n) is 3.35. The topological polar surface area (TPSA) is 96.2 Å². The van der Waals surface area contributed by atoms with Crippen LogP contribution in [-0.2, 0) is 0 Å². The molecule has 0 saturated heterocycles. The summed E-state index contributed by atoms with van der Waals surface area (Å²) in [6.45, 7) is 4.28.